The molecule has 1 aliphatic rings. The first kappa shape index (κ1) is 17.8. The highest BCUT2D eigenvalue weighted by Gasteiger charge is 2.32. The van der Waals surface area contributed by atoms with Crippen molar-refractivity contribution in [1.29, 1.82) is 0 Å². The van der Waals surface area contributed by atoms with Crippen LogP contribution in [0.4, 0.5) is 8.78 Å². The average Bonchev–Trinajstić information content (AvgIpc) is 2.81. The third-order valence-corrected chi connectivity index (χ3v) is 4.39. The summed E-state index contributed by atoms with van der Waals surface area (Å²) in [7, 11) is 0. The van der Waals surface area contributed by atoms with Crippen molar-refractivity contribution < 1.29 is 18.7 Å². The lowest BCUT2D eigenvalue weighted by atomic mass is 9.92. The maximum absolute atomic E-state index is 13.2. The Morgan fingerprint density at radius 1 is 1.26 bits per heavy atom. The predicted molar refractivity (Wildman–Crippen MR) is 82.2 cm³/mol. The molecule has 5 nitrogen and oxygen atoms in total. The molecule has 1 aromatic carbocycles. The monoisotopic (exact) mass is 327 g/mol. The number of carbonyl (C=O) groups is 1. The van der Waals surface area contributed by atoms with Crippen molar-refractivity contribution >= 4 is 5.91 Å². The van der Waals surface area contributed by atoms with Crippen LogP contribution in [0.25, 0.3) is 0 Å². The van der Waals surface area contributed by atoms with E-state index in [-0.39, 0.29) is 29.5 Å². The highest BCUT2D eigenvalue weighted by molar-refractivity contribution is 5.76. The van der Waals surface area contributed by atoms with Gasteiger partial charge in [-0.15, -0.1) is 0 Å². The summed E-state index contributed by atoms with van der Waals surface area (Å²) in [6, 6.07) is 2.93. The predicted octanol–water partition coefficient (Wildman–Crippen LogP) is 1.39. The summed E-state index contributed by atoms with van der Waals surface area (Å²) < 4.78 is 26.2. The normalized spacial score (nSPS) is 26.8. The van der Waals surface area contributed by atoms with Crippen LogP contribution < -0.4 is 16.2 Å². The van der Waals surface area contributed by atoms with Crippen LogP contribution in [0.1, 0.15) is 38.9 Å². The van der Waals surface area contributed by atoms with E-state index >= 15 is 0 Å². The molecule has 23 heavy (non-hydrogen) atoms. The van der Waals surface area contributed by atoms with E-state index in [2.05, 4.69) is 16.2 Å². The summed E-state index contributed by atoms with van der Waals surface area (Å²) in [5, 5.41) is 12.9. The minimum absolute atomic E-state index is 0.141. The second kappa shape index (κ2) is 7.33. The van der Waals surface area contributed by atoms with Gasteiger partial charge in [0, 0.05) is 24.4 Å². The molecule has 7 heteroatoms. The van der Waals surface area contributed by atoms with E-state index in [1.54, 1.807) is 6.92 Å². The molecule has 2 rings (SSSR count). The molecule has 1 heterocycles. The van der Waals surface area contributed by atoms with Crippen LogP contribution in [0, 0.1) is 17.6 Å². The van der Waals surface area contributed by atoms with Gasteiger partial charge >= 0.3 is 0 Å². The van der Waals surface area contributed by atoms with Gasteiger partial charge in [-0.2, -0.15) is 0 Å². The Hall–Kier alpha value is -1.57. The van der Waals surface area contributed by atoms with Gasteiger partial charge in [-0.1, -0.05) is 6.07 Å². The molecule has 128 valence electrons. The van der Waals surface area contributed by atoms with E-state index in [0.29, 0.717) is 6.42 Å². The van der Waals surface area contributed by atoms with Gasteiger partial charge in [-0.3, -0.25) is 15.6 Å². The van der Waals surface area contributed by atoms with Crippen LogP contribution in [0.3, 0.4) is 0 Å². The van der Waals surface area contributed by atoms with E-state index in [1.807, 2.05) is 13.8 Å². The molecule has 4 atom stereocenters. The number of benzene rings is 1. The molecule has 4 N–H and O–H groups in total. The maximum atomic E-state index is 13.2. The first-order chi connectivity index (χ1) is 10.8. The molecule has 1 aliphatic heterocycles. The number of aliphatic hydroxyl groups excluding tert-OH is 1. The van der Waals surface area contributed by atoms with Gasteiger partial charge in [0.05, 0.1) is 12.1 Å². The van der Waals surface area contributed by atoms with Crippen molar-refractivity contribution in [3.8, 4) is 0 Å². The minimum Gasteiger partial charge on any atom is -0.386 e. The van der Waals surface area contributed by atoms with E-state index in [0.717, 1.165) is 12.1 Å². The second-order valence-corrected chi connectivity index (χ2v) is 6.21. The van der Waals surface area contributed by atoms with Crippen molar-refractivity contribution in [2.75, 3.05) is 0 Å². The number of hydrogen-bond donors (Lipinski definition) is 4. The number of hydrogen-bond acceptors (Lipinski definition) is 4. The van der Waals surface area contributed by atoms with E-state index < -0.39 is 23.8 Å². The van der Waals surface area contributed by atoms with Crippen molar-refractivity contribution in [3.05, 3.63) is 35.4 Å². The summed E-state index contributed by atoms with van der Waals surface area (Å²) in [6.45, 7) is 5.61. The molecule has 1 saturated heterocycles. The van der Waals surface area contributed by atoms with Gasteiger partial charge < -0.3 is 10.4 Å². The molecule has 0 aromatic heterocycles. The third kappa shape index (κ3) is 4.25. The summed E-state index contributed by atoms with van der Waals surface area (Å²) in [5.74, 6) is -2.04. The molecule has 1 amide bonds. The van der Waals surface area contributed by atoms with Gasteiger partial charge in [-0.05, 0) is 38.5 Å². The molecule has 4 unspecified atom stereocenters. The number of halogens is 2. The fourth-order valence-electron chi connectivity index (χ4n) is 2.85. The second-order valence-electron chi connectivity index (χ2n) is 6.21. The van der Waals surface area contributed by atoms with Gasteiger partial charge in [-0.25, -0.2) is 8.78 Å². The fourth-order valence-corrected chi connectivity index (χ4v) is 2.85. The van der Waals surface area contributed by atoms with Crippen LogP contribution in [0.15, 0.2) is 18.2 Å². The highest BCUT2D eigenvalue weighted by atomic mass is 19.2. The summed E-state index contributed by atoms with van der Waals surface area (Å²) >= 11 is 0. The number of rotatable bonds is 5. The SMILES string of the molecule is CC(NC(=O)CC1C(C)NNC1C)C(O)c1ccc(F)c(F)c1. The zero-order chi connectivity index (χ0) is 17.1. The van der Waals surface area contributed by atoms with Crippen molar-refractivity contribution in [2.45, 2.75) is 51.4 Å². The summed E-state index contributed by atoms with van der Waals surface area (Å²) in [6.07, 6.45) is -0.791. The molecule has 0 saturated carbocycles. The van der Waals surface area contributed by atoms with Crippen LogP contribution in [0.5, 0.6) is 0 Å². The number of carbonyl (C=O) groups excluding carboxylic acids is 1. The number of aliphatic hydroxyl groups is 1. The first-order valence-electron chi connectivity index (χ1n) is 7.73. The van der Waals surface area contributed by atoms with Crippen LogP contribution in [-0.4, -0.2) is 29.1 Å². The Balaban J connectivity index is 1.93. The Labute approximate surface area is 134 Å². The van der Waals surface area contributed by atoms with Crippen molar-refractivity contribution in [2.24, 2.45) is 5.92 Å². The smallest absolute Gasteiger partial charge is 0.220 e. The first-order valence-corrected chi connectivity index (χ1v) is 7.73. The van der Waals surface area contributed by atoms with Gasteiger partial charge in [0.15, 0.2) is 11.6 Å². The lowest BCUT2D eigenvalue weighted by Gasteiger charge is -2.23. The molecular weight excluding hydrogens is 304 g/mol. The zero-order valence-corrected chi connectivity index (χ0v) is 13.4. The lowest BCUT2D eigenvalue weighted by Crippen LogP contribution is -2.39. The molecule has 0 radical (unpaired) electrons. The molecule has 1 aromatic rings. The van der Waals surface area contributed by atoms with Crippen molar-refractivity contribution in [3.63, 3.8) is 0 Å². The Kier molecular flexibility index (Phi) is 5.67. The van der Waals surface area contributed by atoms with E-state index in [9.17, 15) is 18.7 Å². The van der Waals surface area contributed by atoms with Gasteiger partial charge in [0.2, 0.25) is 5.91 Å². The zero-order valence-electron chi connectivity index (χ0n) is 13.4. The summed E-state index contributed by atoms with van der Waals surface area (Å²) in [5.41, 5.74) is 6.39. The maximum Gasteiger partial charge on any atom is 0.220 e. The van der Waals surface area contributed by atoms with Gasteiger partial charge in [0.1, 0.15) is 0 Å². The molecule has 0 spiro atoms. The quantitative estimate of drug-likeness (QED) is 0.659. The average molecular weight is 327 g/mol. The number of hydrazine groups is 1. The van der Waals surface area contributed by atoms with E-state index in [1.165, 1.54) is 6.07 Å². The molecule has 0 aliphatic carbocycles. The highest BCUT2D eigenvalue weighted by Crippen LogP contribution is 2.21. The van der Waals surface area contributed by atoms with Gasteiger partial charge in [0.25, 0.3) is 0 Å². The Bertz CT molecular complexity index is 560. The molecule has 1 fully saturated rings. The number of amides is 1. The summed E-state index contributed by atoms with van der Waals surface area (Å²) in [4.78, 5) is 12.1. The van der Waals surface area contributed by atoms with Crippen LogP contribution >= 0.6 is 0 Å². The molecule has 0 bridgehead atoms. The van der Waals surface area contributed by atoms with Crippen LogP contribution in [0.2, 0.25) is 0 Å². The largest absolute Gasteiger partial charge is 0.386 e. The van der Waals surface area contributed by atoms with Crippen LogP contribution in [-0.2, 0) is 4.79 Å². The van der Waals surface area contributed by atoms with Crippen molar-refractivity contribution in [1.82, 2.24) is 16.2 Å². The lowest BCUT2D eigenvalue weighted by molar-refractivity contribution is -0.123. The Morgan fingerprint density at radius 3 is 2.43 bits per heavy atom. The topological polar surface area (TPSA) is 73.4 Å². The third-order valence-electron chi connectivity index (χ3n) is 4.39. The van der Waals surface area contributed by atoms with E-state index in [4.69, 9.17) is 0 Å². The minimum atomic E-state index is -1.11. The standard InChI is InChI=1S/C16H23F2N3O2/c1-8-12(9(2)21-20-8)7-15(22)19-10(3)16(23)11-4-5-13(17)14(18)6-11/h4-6,8-10,12,16,20-21,23H,7H2,1-3H3,(H,19,22). The number of nitrogens with one attached hydrogen (secondary N) is 3. The molecular formula is C16H23F2N3O2. The Morgan fingerprint density at radius 2 is 1.87 bits per heavy atom. The fraction of sp³-hybridized carbons (Fsp3) is 0.562.